The minimum atomic E-state index is 0.0870. The molecular formula is C14H20N2O2. The van der Waals surface area contributed by atoms with Crippen LogP contribution in [0.1, 0.15) is 18.5 Å². The van der Waals surface area contributed by atoms with E-state index in [1.54, 1.807) is 7.11 Å². The Morgan fingerprint density at radius 3 is 2.44 bits per heavy atom. The molecule has 4 nitrogen and oxygen atoms in total. The standard InChI is InChI=1S/C14H20N2O2/c1-10(11-4-6-13(18-3)7-5-11)16(2)14(17)12-8-15-9-12/h4-7,10,12,15H,8-9H2,1-3H3. The van der Waals surface area contributed by atoms with Crippen LogP contribution < -0.4 is 10.1 Å². The number of rotatable bonds is 4. The molecule has 1 aliphatic rings. The largest absolute Gasteiger partial charge is 0.497 e. The first-order valence-electron chi connectivity index (χ1n) is 6.25. The molecule has 1 N–H and O–H groups in total. The Bertz CT molecular complexity index is 412. The zero-order valence-corrected chi connectivity index (χ0v) is 11.1. The topological polar surface area (TPSA) is 41.6 Å². The second-order valence-corrected chi connectivity index (χ2v) is 4.75. The van der Waals surface area contributed by atoms with Gasteiger partial charge in [-0.1, -0.05) is 12.1 Å². The van der Waals surface area contributed by atoms with Crippen LogP contribution in [0.25, 0.3) is 0 Å². The third-order valence-electron chi connectivity index (χ3n) is 3.66. The highest BCUT2D eigenvalue weighted by molar-refractivity contribution is 5.80. The second kappa shape index (κ2) is 5.40. The summed E-state index contributed by atoms with van der Waals surface area (Å²) in [6.07, 6.45) is 0. The molecular weight excluding hydrogens is 228 g/mol. The summed E-state index contributed by atoms with van der Waals surface area (Å²) in [4.78, 5) is 14.0. The molecule has 1 unspecified atom stereocenters. The molecule has 2 rings (SSSR count). The van der Waals surface area contributed by atoms with Gasteiger partial charge in [0.2, 0.25) is 5.91 Å². The number of nitrogens with zero attached hydrogens (tertiary/aromatic N) is 1. The van der Waals surface area contributed by atoms with Gasteiger partial charge in [0.05, 0.1) is 19.1 Å². The van der Waals surface area contributed by atoms with Crippen molar-refractivity contribution in [3.8, 4) is 5.75 Å². The average Bonchev–Trinajstić information content (AvgIpc) is 2.35. The average molecular weight is 248 g/mol. The van der Waals surface area contributed by atoms with Gasteiger partial charge in [0, 0.05) is 20.1 Å². The summed E-state index contributed by atoms with van der Waals surface area (Å²) in [6, 6.07) is 7.95. The van der Waals surface area contributed by atoms with Crippen LogP contribution in [0, 0.1) is 5.92 Å². The minimum absolute atomic E-state index is 0.0870. The van der Waals surface area contributed by atoms with E-state index in [2.05, 4.69) is 5.32 Å². The lowest BCUT2D eigenvalue weighted by Crippen LogP contribution is -2.51. The Kier molecular flexibility index (Phi) is 3.87. The number of methoxy groups -OCH3 is 1. The minimum Gasteiger partial charge on any atom is -0.497 e. The van der Waals surface area contributed by atoms with Crippen LogP contribution >= 0.6 is 0 Å². The van der Waals surface area contributed by atoms with E-state index in [1.165, 1.54) is 0 Å². The van der Waals surface area contributed by atoms with Gasteiger partial charge >= 0.3 is 0 Å². The van der Waals surface area contributed by atoms with Gasteiger partial charge in [0.25, 0.3) is 0 Å². The van der Waals surface area contributed by atoms with Crippen molar-refractivity contribution >= 4 is 5.91 Å². The van der Waals surface area contributed by atoms with Crippen LogP contribution in [0.2, 0.25) is 0 Å². The van der Waals surface area contributed by atoms with Gasteiger partial charge < -0.3 is 15.0 Å². The maximum atomic E-state index is 12.1. The molecule has 0 aromatic heterocycles. The Hall–Kier alpha value is -1.55. The van der Waals surface area contributed by atoms with Gasteiger partial charge in [0.1, 0.15) is 5.75 Å². The number of benzene rings is 1. The first kappa shape index (κ1) is 12.9. The summed E-state index contributed by atoms with van der Waals surface area (Å²) in [5.41, 5.74) is 1.12. The number of carbonyl (C=O) groups excluding carboxylic acids is 1. The number of ether oxygens (including phenoxy) is 1. The Balaban J connectivity index is 2.04. The van der Waals surface area contributed by atoms with E-state index in [9.17, 15) is 4.79 Å². The number of carbonyl (C=O) groups is 1. The molecule has 4 heteroatoms. The van der Waals surface area contributed by atoms with Gasteiger partial charge in [-0.25, -0.2) is 0 Å². The molecule has 0 radical (unpaired) electrons. The van der Waals surface area contributed by atoms with Crippen LogP contribution in [0.15, 0.2) is 24.3 Å². The summed E-state index contributed by atoms with van der Waals surface area (Å²) in [5, 5.41) is 3.13. The van der Waals surface area contributed by atoms with Gasteiger partial charge in [-0.3, -0.25) is 4.79 Å². The zero-order valence-electron chi connectivity index (χ0n) is 11.1. The van der Waals surface area contributed by atoms with Gasteiger partial charge in [-0.15, -0.1) is 0 Å². The van der Waals surface area contributed by atoms with Crippen molar-refractivity contribution in [2.24, 2.45) is 5.92 Å². The molecule has 0 bridgehead atoms. The van der Waals surface area contributed by atoms with Crippen LogP contribution in [0.4, 0.5) is 0 Å². The van der Waals surface area contributed by atoms with Crippen molar-refractivity contribution < 1.29 is 9.53 Å². The van der Waals surface area contributed by atoms with Crippen molar-refractivity contribution in [3.05, 3.63) is 29.8 Å². The second-order valence-electron chi connectivity index (χ2n) is 4.75. The van der Waals surface area contributed by atoms with E-state index < -0.39 is 0 Å². The van der Waals surface area contributed by atoms with E-state index in [-0.39, 0.29) is 17.9 Å². The number of amides is 1. The van der Waals surface area contributed by atoms with Crippen molar-refractivity contribution in [3.63, 3.8) is 0 Å². The van der Waals surface area contributed by atoms with E-state index in [0.29, 0.717) is 0 Å². The number of hydrogen-bond donors (Lipinski definition) is 1. The molecule has 1 amide bonds. The smallest absolute Gasteiger partial charge is 0.228 e. The summed E-state index contributed by atoms with van der Waals surface area (Å²) < 4.78 is 5.13. The monoisotopic (exact) mass is 248 g/mol. The highest BCUT2D eigenvalue weighted by Gasteiger charge is 2.29. The predicted molar refractivity (Wildman–Crippen MR) is 70.5 cm³/mol. The molecule has 0 aliphatic carbocycles. The van der Waals surface area contributed by atoms with E-state index >= 15 is 0 Å². The highest BCUT2D eigenvalue weighted by Crippen LogP contribution is 2.23. The number of nitrogens with one attached hydrogen (secondary N) is 1. The molecule has 18 heavy (non-hydrogen) atoms. The van der Waals surface area contributed by atoms with Crippen LogP contribution in [0.3, 0.4) is 0 Å². The molecule has 98 valence electrons. The Morgan fingerprint density at radius 1 is 1.39 bits per heavy atom. The lowest BCUT2D eigenvalue weighted by Gasteiger charge is -2.33. The highest BCUT2D eigenvalue weighted by atomic mass is 16.5. The molecule has 1 fully saturated rings. The third-order valence-corrected chi connectivity index (χ3v) is 3.66. The van der Waals surface area contributed by atoms with Gasteiger partial charge in [0.15, 0.2) is 0 Å². The van der Waals surface area contributed by atoms with Crippen LogP contribution in [-0.4, -0.2) is 38.1 Å². The number of hydrogen-bond acceptors (Lipinski definition) is 3. The molecule has 0 saturated carbocycles. The molecule has 1 atom stereocenters. The SMILES string of the molecule is COc1ccc(C(C)N(C)C(=O)C2CNC2)cc1. The quantitative estimate of drug-likeness (QED) is 0.876. The van der Waals surface area contributed by atoms with Crippen molar-refractivity contribution in [2.75, 3.05) is 27.2 Å². The van der Waals surface area contributed by atoms with Crippen molar-refractivity contribution in [2.45, 2.75) is 13.0 Å². The third kappa shape index (κ3) is 2.48. The molecule has 1 aliphatic heterocycles. The molecule has 1 heterocycles. The maximum absolute atomic E-state index is 12.1. The lowest BCUT2D eigenvalue weighted by atomic mass is 9.99. The summed E-state index contributed by atoms with van der Waals surface area (Å²) in [5.74, 6) is 1.20. The fourth-order valence-corrected chi connectivity index (χ4v) is 2.05. The summed E-state index contributed by atoms with van der Waals surface area (Å²) >= 11 is 0. The molecule has 1 aromatic rings. The molecule has 0 spiro atoms. The Labute approximate surface area is 108 Å². The Morgan fingerprint density at radius 2 is 2.00 bits per heavy atom. The van der Waals surface area contributed by atoms with E-state index in [1.807, 2.05) is 43.1 Å². The maximum Gasteiger partial charge on any atom is 0.228 e. The predicted octanol–water partition coefficient (Wildman–Crippen LogP) is 1.43. The van der Waals surface area contributed by atoms with E-state index in [4.69, 9.17) is 4.74 Å². The van der Waals surface area contributed by atoms with Crippen LogP contribution in [-0.2, 0) is 4.79 Å². The first-order valence-corrected chi connectivity index (χ1v) is 6.25. The van der Waals surface area contributed by atoms with Crippen LogP contribution in [0.5, 0.6) is 5.75 Å². The van der Waals surface area contributed by atoms with Gasteiger partial charge in [-0.2, -0.15) is 0 Å². The first-order chi connectivity index (χ1) is 8.63. The fraction of sp³-hybridized carbons (Fsp3) is 0.500. The van der Waals surface area contributed by atoms with E-state index in [0.717, 1.165) is 24.4 Å². The van der Waals surface area contributed by atoms with Crippen molar-refractivity contribution in [1.29, 1.82) is 0 Å². The molecule has 1 aromatic carbocycles. The van der Waals surface area contributed by atoms with Gasteiger partial charge in [-0.05, 0) is 24.6 Å². The fourth-order valence-electron chi connectivity index (χ4n) is 2.05. The summed E-state index contributed by atoms with van der Waals surface area (Å²) in [6.45, 7) is 3.66. The lowest BCUT2D eigenvalue weighted by molar-refractivity contribution is -0.137. The normalized spacial score (nSPS) is 16.8. The zero-order chi connectivity index (χ0) is 13.1. The molecule has 1 saturated heterocycles. The summed E-state index contributed by atoms with van der Waals surface area (Å²) in [7, 11) is 3.52. The van der Waals surface area contributed by atoms with Crippen molar-refractivity contribution in [1.82, 2.24) is 10.2 Å².